The highest BCUT2D eigenvalue weighted by Crippen LogP contribution is 2.32. The predicted molar refractivity (Wildman–Crippen MR) is 132 cm³/mol. The van der Waals surface area contributed by atoms with E-state index in [0.717, 1.165) is 32.5 Å². The molecule has 1 N–H and O–H groups in total. The third-order valence-electron chi connectivity index (χ3n) is 6.64. The number of piperidine rings is 1. The third kappa shape index (κ3) is 6.70. The van der Waals surface area contributed by atoms with Crippen molar-refractivity contribution >= 4 is 17.7 Å². The van der Waals surface area contributed by atoms with Crippen LogP contribution >= 0.6 is 11.8 Å². The number of hydrogen-bond donors (Lipinski definition) is 1. The number of benzene rings is 1. The number of amides is 1. The van der Waals surface area contributed by atoms with Gasteiger partial charge < -0.3 is 14.7 Å². The van der Waals surface area contributed by atoms with E-state index < -0.39 is 0 Å². The lowest BCUT2D eigenvalue weighted by molar-refractivity contribution is -0.156. The molecule has 2 fully saturated rings. The number of carbonyl (C=O) groups is 1. The Labute approximate surface area is 197 Å². The van der Waals surface area contributed by atoms with Crippen molar-refractivity contribution in [2.45, 2.75) is 52.2 Å². The number of aliphatic hydroxyl groups excluding tert-OH is 1. The van der Waals surface area contributed by atoms with E-state index in [1.54, 1.807) is 0 Å². The maximum Gasteiger partial charge on any atom is 0.260 e. The first-order valence-corrected chi connectivity index (χ1v) is 12.6. The minimum atomic E-state index is -0.238. The Hall–Kier alpha value is -1.60. The van der Waals surface area contributed by atoms with Gasteiger partial charge in [0.25, 0.3) is 5.91 Å². The highest BCUT2D eigenvalue weighted by molar-refractivity contribution is 8.06. The number of likely N-dealkylation sites (tertiary alicyclic amines) is 1. The summed E-state index contributed by atoms with van der Waals surface area (Å²) in [5.74, 6) is 0.507. The fourth-order valence-electron chi connectivity index (χ4n) is 4.24. The number of allylic oxidation sites excluding steroid dienone is 1. The molecule has 5 nitrogen and oxygen atoms in total. The lowest BCUT2D eigenvalue weighted by atomic mass is 9.89. The molecule has 1 aromatic rings. The molecule has 2 saturated heterocycles. The van der Waals surface area contributed by atoms with E-state index in [1.165, 1.54) is 28.5 Å². The predicted octanol–water partition coefficient (Wildman–Crippen LogP) is 4.22. The number of thioether (sulfide) groups is 1. The van der Waals surface area contributed by atoms with E-state index >= 15 is 0 Å². The maximum atomic E-state index is 13.0. The summed E-state index contributed by atoms with van der Waals surface area (Å²) in [6.07, 6.45) is 2.56. The maximum absolute atomic E-state index is 13.0. The summed E-state index contributed by atoms with van der Waals surface area (Å²) < 4.78 is 6.25. The fourth-order valence-corrected chi connectivity index (χ4v) is 5.07. The van der Waals surface area contributed by atoms with Crippen LogP contribution in [0.2, 0.25) is 0 Å². The van der Waals surface area contributed by atoms with Gasteiger partial charge >= 0.3 is 0 Å². The fraction of sp³-hybridized carbons (Fsp3) is 0.577. The van der Waals surface area contributed by atoms with Gasteiger partial charge in [0.15, 0.2) is 0 Å². The summed E-state index contributed by atoms with van der Waals surface area (Å²) in [4.78, 5) is 18.0. The van der Waals surface area contributed by atoms with Crippen molar-refractivity contribution in [1.82, 2.24) is 9.80 Å². The minimum absolute atomic E-state index is 0.0357. The zero-order valence-electron chi connectivity index (χ0n) is 19.8. The topological polar surface area (TPSA) is 53.0 Å². The average Bonchev–Trinajstić information content (AvgIpc) is 2.79. The van der Waals surface area contributed by atoms with Crippen LogP contribution < -0.4 is 0 Å². The van der Waals surface area contributed by atoms with Crippen LogP contribution in [0.5, 0.6) is 0 Å². The van der Waals surface area contributed by atoms with Crippen LogP contribution in [0.3, 0.4) is 0 Å². The van der Waals surface area contributed by atoms with Gasteiger partial charge in [0.2, 0.25) is 0 Å². The Kier molecular flexibility index (Phi) is 9.00. The lowest BCUT2D eigenvalue weighted by Gasteiger charge is -2.47. The molecule has 1 spiro atoms. The monoisotopic (exact) mass is 458 g/mol. The highest BCUT2D eigenvalue weighted by Gasteiger charge is 2.41. The summed E-state index contributed by atoms with van der Waals surface area (Å²) in [6.45, 7) is 15.3. The van der Waals surface area contributed by atoms with Gasteiger partial charge in [-0.2, -0.15) is 0 Å². The van der Waals surface area contributed by atoms with Gasteiger partial charge in [-0.15, -0.1) is 0 Å². The zero-order chi connectivity index (χ0) is 23.1. The SMILES string of the molecule is C=C(S/C=C(\C)C(C)C)C(=O)N1CCOC2(CCN(Cc3cccc(CCO)c3)CC2)C1. The van der Waals surface area contributed by atoms with E-state index in [0.29, 0.717) is 36.9 Å². The molecular weight excluding hydrogens is 420 g/mol. The van der Waals surface area contributed by atoms with Crippen LogP contribution in [-0.2, 0) is 22.5 Å². The number of morpholine rings is 1. The molecule has 32 heavy (non-hydrogen) atoms. The second-order valence-corrected chi connectivity index (χ2v) is 10.3. The van der Waals surface area contributed by atoms with Crippen LogP contribution in [0.1, 0.15) is 44.7 Å². The van der Waals surface area contributed by atoms with Crippen LogP contribution in [0.15, 0.2) is 46.7 Å². The second kappa shape index (κ2) is 11.5. The molecule has 1 amide bonds. The van der Waals surface area contributed by atoms with Crippen LogP contribution in [0, 0.1) is 5.92 Å². The number of nitrogens with zero attached hydrogens (tertiary/aromatic N) is 2. The molecule has 0 bridgehead atoms. The molecule has 0 atom stereocenters. The average molecular weight is 459 g/mol. The summed E-state index contributed by atoms with van der Waals surface area (Å²) in [5.41, 5.74) is 3.49. The van der Waals surface area contributed by atoms with Crippen molar-refractivity contribution in [3.05, 3.63) is 57.9 Å². The van der Waals surface area contributed by atoms with Crippen LogP contribution in [0.25, 0.3) is 0 Å². The summed E-state index contributed by atoms with van der Waals surface area (Å²) in [5, 5.41) is 11.2. The zero-order valence-corrected chi connectivity index (χ0v) is 20.6. The first-order chi connectivity index (χ1) is 15.3. The normalized spacial score (nSPS) is 19.5. The largest absolute Gasteiger partial charge is 0.396 e. The smallest absolute Gasteiger partial charge is 0.260 e. The van der Waals surface area contributed by atoms with Gasteiger partial charge in [0, 0.05) is 32.8 Å². The molecule has 6 heteroatoms. The molecule has 2 heterocycles. The van der Waals surface area contributed by atoms with Crippen molar-refractivity contribution in [2.24, 2.45) is 5.92 Å². The van der Waals surface area contributed by atoms with Crippen molar-refractivity contribution in [1.29, 1.82) is 0 Å². The standard InChI is InChI=1S/C26H38N2O3S/c1-20(2)21(3)18-32-22(4)25(30)28-13-15-31-26(19-28)9-11-27(12-10-26)17-24-7-5-6-23(16-24)8-14-29/h5-7,16,18,20,29H,4,8-15,17,19H2,1-3H3/b21-18+. The molecule has 0 radical (unpaired) electrons. The van der Waals surface area contributed by atoms with Crippen molar-refractivity contribution in [3.63, 3.8) is 0 Å². The molecule has 176 valence electrons. The van der Waals surface area contributed by atoms with Crippen LogP contribution in [0.4, 0.5) is 0 Å². The van der Waals surface area contributed by atoms with Crippen molar-refractivity contribution in [2.75, 3.05) is 39.4 Å². The molecule has 2 aliphatic heterocycles. The van der Waals surface area contributed by atoms with Gasteiger partial charge in [-0.05, 0) is 48.6 Å². The van der Waals surface area contributed by atoms with Gasteiger partial charge in [-0.1, -0.05) is 62.0 Å². The molecule has 0 aromatic heterocycles. The molecular formula is C26H38N2O3S. The second-order valence-electron chi connectivity index (χ2n) is 9.39. The number of carbonyl (C=O) groups excluding carboxylic acids is 1. The first-order valence-electron chi connectivity index (χ1n) is 11.7. The number of hydrogen-bond acceptors (Lipinski definition) is 5. The minimum Gasteiger partial charge on any atom is -0.396 e. The molecule has 0 aliphatic carbocycles. The molecule has 2 aliphatic rings. The third-order valence-corrected chi connectivity index (χ3v) is 7.59. The number of aliphatic hydroxyl groups is 1. The van der Waals surface area contributed by atoms with E-state index in [-0.39, 0.29) is 18.1 Å². The highest BCUT2D eigenvalue weighted by atomic mass is 32.2. The molecule has 0 unspecified atom stereocenters. The van der Waals surface area contributed by atoms with Crippen LogP contribution in [-0.4, -0.2) is 65.8 Å². The number of ether oxygens (including phenoxy) is 1. The summed E-state index contributed by atoms with van der Waals surface area (Å²) in [7, 11) is 0. The lowest BCUT2D eigenvalue weighted by Crippen LogP contribution is -2.58. The molecule has 3 rings (SSSR count). The van der Waals surface area contributed by atoms with Gasteiger partial charge in [0.05, 0.1) is 23.7 Å². The van der Waals surface area contributed by atoms with Gasteiger partial charge in [0.1, 0.15) is 0 Å². The summed E-state index contributed by atoms with van der Waals surface area (Å²) >= 11 is 1.44. The van der Waals surface area contributed by atoms with Gasteiger partial charge in [-0.3, -0.25) is 9.69 Å². The Balaban J connectivity index is 1.53. The van der Waals surface area contributed by atoms with E-state index in [1.807, 2.05) is 4.90 Å². The Morgan fingerprint density at radius 1 is 1.28 bits per heavy atom. The molecule has 1 aromatic carbocycles. The van der Waals surface area contributed by atoms with Crippen molar-refractivity contribution in [3.8, 4) is 0 Å². The Bertz CT molecular complexity index is 828. The quantitative estimate of drug-likeness (QED) is 0.591. The number of rotatable bonds is 8. The Morgan fingerprint density at radius 3 is 2.69 bits per heavy atom. The van der Waals surface area contributed by atoms with E-state index in [9.17, 15) is 9.90 Å². The summed E-state index contributed by atoms with van der Waals surface area (Å²) in [6, 6.07) is 8.49. The van der Waals surface area contributed by atoms with E-state index in [4.69, 9.17) is 4.74 Å². The van der Waals surface area contributed by atoms with Crippen molar-refractivity contribution < 1.29 is 14.6 Å². The van der Waals surface area contributed by atoms with E-state index in [2.05, 4.69) is 61.9 Å². The molecule has 0 saturated carbocycles. The van der Waals surface area contributed by atoms with Gasteiger partial charge in [-0.25, -0.2) is 0 Å². The Morgan fingerprint density at radius 2 is 2.00 bits per heavy atom. The first kappa shape index (κ1) is 25.0.